The summed E-state index contributed by atoms with van der Waals surface area (Å²) in [5, 5.41) is 13.4. The van der Waals surface area contributed by atoms with E-state index in [1.165, 1.54) is 0 Å². The number of nitrogens with zero attached hydrogens (tertiary/aromatic N) is 1. The standard InChI is InChI=1S/C18H22N2O3/c1-17(2,3)23-16(21)20-15-7-5-13(6-8-15)18(4,22)14-9-11-19-12-10-14/h5-12,22H,1-4H3,(H,20,21). The number of carbonyl (C=O) groups is 1. The van der Waals surface area contributed by atoms with Crippen molar-refractivity contribution < 1.29 is 14.6 Å². The van der Waals surface area contributed by atoms with E-state index < -0.39 is 17.3 Å². The Balaban J connectivity index is 2.12. The zero-order valence-corrected chi connectivity index (χ0v) is 13.8. The zero-order chi connectivity index (χ0) is 17.1. The molecule has 2 N–H and O–H groups in total. The minimum Gasteiger partial charge on any atom is -0.444 e. The van der Waals surface area contributed by atoms with Crippen LogP contribution in [0.4, 0.5) is 10.5 Å². The smallest absolute Gasteiger partial charge is 0.412 e. The van der Waals surface area contributed by atoms with E-state index in [1.807, 2.05) is 20.8 Å². The number of hydrogen-bond donors (Lipinski definition) is 2. The minimum atomic E-state index is -1.13. The molecule has 0 aliphatic heterocycles. The molecule has 0 spiro atoms. The molecule has 0 saturated carbocycles. The summed E-state index contributed by atoms with van der Waals surface area (Å²) < 4.78 is 5.20. The van der Waals surface area contributed by atoms with Crippen LogP contribution in [0.1, 0.15) is 38.8 Å². The lowest BCUT2D eigenvalue weighted by atomic mass is 9.89. The van der Waals surface area contributed by atoms with E-state index in [-0.39, 0.29) is 0 Å². The predicted molar refractivity (Wildman–Crippen MR) is 89.2 cm³/mol. The Morgan fingerprint density at radius 3 is 2.04 bits per heavy atom. The van der Waals surface area contributed by atoms with E-state index >= 15 is 0 Å². The summed E-state index contributed by atoms with van der Waals surface area (Å²) in [6.07, 6.45) is 2.77. The fourth-order valence-electron chi connectivity index (χ4n) is 2.14. The van der Waals surface area contributed by atoms with Crippen LogP contribution in [-0.4, -0.2) is 21.8 Å². The molecule has 5 heteroatoms. The van der Waals surface area contributed by atoms with Gasteiger partial charge in [-0.25, -0.2) is 4.79 Å². The van der Waals surface area contributed by atoms with Crippen molar-refractivity contribution in [3.63, 3.8) is 0 Å². The summed E-state index contributed by atoms with van der Waals surface area (Å²) >= 11 is 0. The summed E-state index contributed by atoms with van der Waals surface area (Å²) in [6, 6.07) is 10.5. The topological polar surface area (TPSA) is 71.5 Å². The molecule has 1 atom stereocenters. The fourth-order valence-corrected chi connectivity index (χ4v) is 2.14. The Kier molecular flexibility index (Phi) is 4.71. The molecule has 2 aromatic rings. The number of anilines is 1. The Morgan fingerprint density at radius 2 is 1.52 bits per heavy atom. The van der Waals surface area contributed by atoms with Crippen molar-refractivity contribution in [3.8, 4) is 0 Å². The summed E-state index contributed by atoms with van der Waals surface area (Å²) in [5.41, 5.74) is 0.398. The number of amides is 1. The van der Waals surface area contributed by atoms with Gasteiger partial charge in [-0.2, -0.15) is 0 Å². The third-order valence-electron chi connectivity index (χ3n) is 3.33. The van der Waals surface area contributed by atoms with Gasteiger partial charge in [0.05, 0.1) is 0 Å². The monoisotopic (exact) mass is 314 g/mol. The van der Waals surface area contributed by atoms with E-state index in [2.05, 4.69) is 10.3 Å². The van der Waals surface area contributed by atoms with Crippen LogP contribution < -0.4 is 5.32 Å². The highest BCUT2D eigenvalue weighted by Gasteiger charge is 2.25. The second kappa shape index (κ2) is 6.38. The maximum absolute atomic E-state index is 11.7. The Hall–Kier alpha value is -2.40. The molecule has 2 rings (SSSR count). The molecule has 1 aromatic heterocycles. The van der Waals surface area contributed by atoms with Gasteiger partial charge in [0, 0.05) is 18.1 Å². The third-order valence-corrected chi connectivity index (χ3v) is 3.33. The van der Waals surface area contributed by atoms with Crippen molar-refractivity contribution in [1.29, 1.82) is 0 Å². The largest absolute Gasteiger partial charge is 0.444 e. The van der Waals surface area contributed by atoms with Gasteiger partial charge >= 0.3 is 6.09 Å². The molecule has 0 bridgehead atoms. The van der Waals surface area contributed by atoms with Crippen molar-refractivity contribution in [2.45, 2.75) is 38.9 Å². The Labute approximate surface area is 136 Å². The van der Waals surface area contributed by atoms with Crippen LogP contribution in [0.15, 0.2) is 48.8 Å². The highest BCUT2D eigenvalue weighted by Crippen LogP contribution is 2.29. The first kappa shape index (κ1) is 17.0. The molecule has 1 heterocycles. The number of aromatic nitrogens is 1. The van der Waals surface area contributed by atoms with Gasteiger partial charge in [-0.15, -0.1) is 0 Å². The van der Waals surface area contributed by atoms with Crippen LogP contribution in [0, 0.1) is 0 Å². The SMILES string of the molecule is CC(C)(C)OC(=O)Nc1ccc(C(C)(O)c2ccncc2)cc1. The van der Waals surface area contributed by atoms with Crippen molar-refractivity contribution in [1.82, 2.24) is 4.98 Å². The van der Waals surface area contributed by atoms with E-state index in [0.717, 1.165) is 11.1 Å². The summed E-state index contributed by atoms with van der Waals surface area (Å²) in [4.78, 5) is 15.7. The van der Waals surface area contributed by atoms with Gasteiger partial charge in [0.1, 0.15) is 11.2 Å². The molecule has 1 aromatic carbocycles. The normalized spacial score (nSPS) is 14.0. The number of rotatable bonds is 3. The molecule has 1 unspecified atom stereocenters. The first-order chi connectivity index (χ1) is 10.7. The quantitative estimate of drug-likeness (QED) is 0.906. The number of carbonyl (C=O) groups excluding carboxylic acids is 1. The lowest BCUT2D eigenvalue weighted by Crippen LogP contribution is -2.27. The van der Waals surface area contributed by atoms with Crippen LogP contribution in [0.5, 0.6) is 0 Å². The average Bonchev–Trinajstić information content (AvgIpc) is 2.46. The highest BCUT2D eigenvalue weighted by molar-refractivity contribution is 5.84. The highest BCUT2D eigenvalue weighted by atomic mass is 16.6. The molecule has 0 aliphatic rings. The number of pyridine rings is 1. The second-order valence-corrected chi connectivity index (χ2v) is 6.51. The maximum atomic E-state index is 11.7. The first-order valence-electron chi connectivity index (χ1n) is 7.42. The van der Waals surface area contributed by atoms with Crippen molar-refractivity contribution in [3.05, 3.63) is 59.9 Å². The number of aliphatic hydroxyl groups is 1. The van der Waals surface area contributed by atoms with Gasteiger partial charge in [0.25, 0.3) is 0 Å². The van der Waals surface area contributed by atoms with E-state index in [0.29, 0.717) is 5.69 Å². The summed E-state index contributed by atoms with van der Waals surface area (Å²) in [5.74, 6) is 0. The molecule has 0 aliphatic carbocycles. The first-order valence-corrected chi connectivity index (χ1v) is 7.42. The lowest BCUT2D eigenvalue weighted by molar-refractivity contribution is 0.0636. The number of hydrogen-bond acceptors (Lipinski definition) is 4. The van der Waals surface area contributed by atoms with Crippen LogP contribution in [-0.2, 0) is 10.3 Å². The fraction of sp³-hybridized carbons (Fsp3) is 0.333. The molecular weight excluding hydrogens is 292 g/mol. The Bertz CT molecular complexity index is 659. The van der Waals surface area contributed by atoms with Crippen molar-refractivity contribution in [2.24, 2.45) is 0 Å². The van der Waals surface area contributed by atoms with Gasteiger partial charge in [0.15, 0.2) is 0 Å². The molecule has 0 fully saturated rings. The minimum absolute atomic E-state index is 0.508. The number of benzene rings is 1. The maximum Gasteiger partial charge on any atom is 0.412 e. The van der Waals surface area contributed by atoms with Crippen molar-refractivity contribution in [2.75, 3.05) is 5.32 Å². The van der Waals surface area contributed by atoms with Crippen LogP contribution in [0.3, 0.4) is 0 Å². The molecule has 1 amide bonds. The second-order valence-electron chi connectivity index (χ2n) is 6.51. The predicted octanol–water partition coefficient (Wildman–Crippen LogP) is 3.68. The van der Waals surface area contributed by atoms with E-state index in [1.54, 1.807) is 55.7 Å². The van der Waals surface area contributed by atoms with Crippen LogP contribution >= 0.6 is 0 Å². The zero-order valence-electron chi connectivity index (χ0n) is 13.8. The van der Waals surface area contributed by atoms with Crippen LogP contribution in [0.25, 0.3) is 0 Å². The average molecular weight is 314 g/mol. The summed E-state index contributed by atoms with van der Waals surface area (Å²) in [6.45, 7) is 7.14. The Morgan fingerprint density at radius 1 is 1.00 bits per heavy atom. The van der Waals surface area contributed by atoms with Crippen LogP contribution in [0.2, 0.25) is 0 Å². The van der Waals surface area contributed by atoms with E-state index in [9.17, 15) is 9.90 Å². The lowest BCUT2D eigenvalue weighted by Gasteiger charge is -2.24. The number of ether oxygens (including phenoxy) is 1. The van der Waals surface area contributed by atoms with Gasteiger partial charge < -0.3 is 9.84 Å². The molecule has 23 heavy (non-hydrogen) atoms. The van der Waals surface area contributed by atoms with Gasteiger partial charge in [-0.1, -0.05) is 12.1 Å². The van der Waals surface area contributed by atoms with Gasteiger partial charge in [-0.05, 0) is 63.1 Å². The third kappa shape index (κ3) is 4.53. The number of nitrogens with one attached hydrogen (secondary N) is 1. The molecule has 5 nitrogen and oxygen atoms in total. The van der Waals surface area contributed by atoms with E-state index in [4.69, 9.17) is 4.74 Å². The molecule has 0 saturated heterocycles. The van der Waals surface area contributed by atoms with Gasteiger partial charge in [0.2, 0.25) is 0 Å². The molecular formula is C18H22N2O3. The van der Waals surface area contributed by atoms with Gasteiger partial charge in [-0.3, -0.25) is 10.3 Å². The summed E-state index contributed by atoms with van der Waals surface area (Å²) in [7, 11) is 0. The molecule has 122 valence electrons. The molecule has 0 radical (unpaired) electrons. The van der Waals surface area contributed by atoms with Crippen molar-refractivity contribution >= 4 is 11.8 Å².